The highest BCUT2D eigenvalue weighted by atomic mass is 32.1. The van der Waals surface area contributed by atoms with Gasteiger partial charge in [0, 0.05) is 5.38 Å². The summed E-state index contributed by atoms with van der Waals surface area (Å²) in [5.74, 6) is 1.68. The Kier molecular flexibility index (Phi) is 4.59. The summed E-state index contributed by atoms with van der Waals surface area (Å²) in [6.07, 6.45) is 0. The summed E-state index contributed by atoms with van der Waals surface area (Å²) in [5.41, 5.74) is 1.21. The van der Waals surface area contributed by atoms with Crippen LogP contribution in [0.3, 0.4) is 0 Å². The molecule has 0 spiro atoms. The van der Waals surface area contributed by atoms with Gasteiger partial charge in [-0.05, 0) is 43.3 Å². The number of ether oxygens (including phenoxy) is 1. The third-order valence-corrected chi connectivity index (χ3v) is 3.85. The summed E-state index contributed by atoms with van der Waals surface area (Å²) in [7, 11) is 0. The maximum Gasteiger partial charge on any atom is 0.264 e. The lowest BCUT2D eigenvalue weighted by Crippen LogP contribution is -2.20. The molecular formula is C17H13N3O3S. The average Bonchev–Trinajstić information content (AvgIpc) is 3.22. The lowest BCUT2D eigenvalue weighted by molar-refractivity contribution is -0.118. The van der Waals surface area contributed by atoms with E-state index in [2.05, 4.69) is 10.3 Å². The van der Waals surface area contributed by atoms with Crippen molar-refractivity contribution in [3.05, 3.63) is 53.1 Å². The van der Waals surface area contributed by atoms with Crippen LogP contribution in [0.5, 0.6) is 5.75 Å². The number of hydrogen-bond acceptors (Lipinski definition) is 6. The molecule has 7 heteroatoms. The van der Waals surface area contributed by atoms with Crippen LogP contribution in [-0.4, -0.2) is 17.5 Å². The monoisotopic (exact) mass is 339 g/mol. The highest BCUT2D eigenvalue weighted by Crippen LogP contribution is 2.26. The average molecular weight is 339 g/mol. The van der Waals surface area contributed by atoms with E-state index in [9.17, 15) is 4.79 Å². The Balaban J connectivity index is 1.55. The smallest absolute Gasteiger partial charge is 0.264 e. The van der Waals surface area contributed by atoms with Crippen molar-refractivity contribution in [2.45, 2.75) is 6.92 Å². The van der Waals surface area contributed by atoms with E-state index >= 15 is 0 Å². The van der Waals surface area contributed by atoms with E-state index in [1.807, 2.05) is 30.5 Å². The highest BCUT2D eigenvalue weighted by molar-refractivity contribution is 7.14. The summed E-state index contributed by atoms with van der Waals surface area (Å²) in [6.45, 7) is 1.72. The van der Waals surface area contributed by atoms with Gasteiger partial charge in [-0.15, -0.1) is 11.3 Å². The fraction of sp³-hybridized carbons (Fsp3) is 0.118. The molecule has 2 heterocycles. The zero-order valence-corrected chi connectivity index (χ0v) is 13.6. The van der Waals surface area contributed by atoms with E-state index in [0.29, 0.717) is 27.9 Å². The van der Waals surface area contributed by atoms with Gasteiger partial charge >= 0.3 is 0 Å². The summed E-state index contributed by atoms with van der Waals surface area (Å²) >= 11 is 1.31. The first kappa shape index (κ1) is 15.8. The van der Waals surface area contributed by atoms with Gasteiger partial charge in [-0.25, -0.2) is 4.98 Å². The number of thiazole rings is 1. The van der Waals surface area contributed by atoms with Crippen LogP contribution in [0.25, 0.3) is 11.5 Å². The van der Waals surface area contributed by atoms with Gasteiger partial charge in [0.1, 0.15) is 17.2 Å². The first-order valence-corrected chi connectivity index (χ1v) is 7.97. The van der Waals surface area contributed by atoms with Gasteiger partial charge in [-0.2, -0.15) is 5.26 Å². The number of aromatic nitrogens is 1. The lowest BCUT2D eigenvalue weighted by atomic mass is 10.2. The van der Waals surface area contributed by atoms with Crippen molar-refractivity contribution in [1.29, 1.82) is 5.26 Å². The number of hydrogen-bond donors (Lipinski definition) is 1. The molecule has 0 aliphatic rings. The number of amides is 1. The van der Waals surface area contributed by atoms with Crippen molar-refractivity contribution in [3.63, 3.8) is 0 Å². The Labute approximate surface area is 142 Å². The lowest BCUT2D eigenvalue weighted by Gasteiger charge is -2.05. The van der Waals surface area contributed by atoms with Gasteiger partial charge in [0.15, 0.2) is 17.5 Å². The number of aryl methyl sites for hydroxylation is 1. The quantitative estimate of drug-likeness (QED) is 0.767. The second-order valence-electron chi connectivity index (χ2n) is 4.92. The number of furan rings is 1. The van der Waals surface area contributed by atoms with Crippen LogP contribution in [-0.2, 0) is 4.79 Å². The second-order valence-corrected chi connectivity index (χ2v) is 5.78. The normalized spacial score (nSPS) is 10.2. The van der Waals surface area contributed by atoms with Crippen LogP contribution in [0.15, 0.2) is 46.2 Å². The number of nitriles is 1. The standard InChI is InChI=1S/C17H13N3O3S/c1-11-2-7-15(23-11)14-10-24-17(19-14)20-16(21)9-22-13-5-3-12(8-18)4-6-13/h2-7,10H,9H2,1H3,(H,19,20,21). The molecule has 0 atom stereocenters. The molecule has 3 rings (SSSR count). The molecule has 1 aromatic carbocycles. The van der Waals surface area contributed by atoms with E-state index in [-0.39, 0.29) is 12.5 Å². The van der Waals surface area contributed by atoms with E-state index in [1.165, 1.54) is 11.3 Å². The fourth-order valence-corrected chi connectivity index (χ4v) is 2.66. The number of carbonyl (C=O) groups excluding carboxylic acids is 1. The Morgan fingerprint density at radius 1 is 1.33 bits per heavy atom. The van der Waals surface area contributed by atoms with Crippen LogP contribution in [0.2, 0.25) is 0 Å². The predicted molar refractivity (Wildman–Crippen MR) is 89.8 cm³/mol. The summed E-state index contributed by atoms with van der Waals surface area (Å²) in [4.78, 5) is 16.2. The van der Waals surface area contributed by atoms with Crippen LogP contribution in [0, 0.1) is 18.3 Å². The fourth-order valence-electron chi connectivity index (χ4n) is 1.95. The van der Waals surface area contributed by atoms with Gasteiger partial charge in [0.25, 0.3) is 5.91 Å². The van der Waals surface area contributed by atoms with Crippen LogP contribution in [0.4, 0.5) is 5.13 Å². The van der Waals surface area contributed by atoms with E-state index in [4.69, 9.17) is 14.4 Å². The molecule has 0 saturated carbocycles. The molecule has 1 amide bonds. The number of nitrogens with one attached hydrogen (secondary N) is 1. The molecule has 120 valence electrons. The van der Waals surface area contributed by atoms with E-state index in [1.54, 1.807) is 24.3 Å². The topological polar surface area (TPSA) is 88.1 Å². The van der Waals surface area contributed by atoms with Gasteiger partial charge in [-0.1, -0.05) is 0 Å². The third-order valence-electron chi connectivity index (χ3n) is 3.10. The minimum absolute atomic E-state index is 0.138. The zero-order chi connectivity index (χ0) is 16.9. The van der Waals surface area contributed by atoms with Gasteiger partial charge in [0.2, 0.25) is 0 Å². The number of benzene rings is 1. The molecule has 2 aromatic heterocycles. The molecule has 3 aromatic rings. The minimum Gasteiger partial charge on any atom is -0.484 e. The van der Waals surface area contributed by atoms with Crippen molar-refractivity contribution >= 4 is 22.4 Å². The number of anilines is 1. The molecule has 6 nitrogen and oxygen atoms in total. The Morgan fingerprint density at radius 2 is 2.12 bits per heavy atom. The molecule has 24 heavy (non-hydrogen) atoms. The van der Waals surface area contributed by atoms with Crippen molar-refractivity contribution in [2.75, 3.05) is 11.9 Å². The molecule has 0 unspecified atom stereocenters. The third kappa shape index (κ3) is 3.80. The molecule has 0 bridgehead atoms. The van der Waals surface area contributed by atoms with E-state index < -0.39 is 0 Å². The summed E-state index contributed by atoms with van der Waals surface area (Å²) in [6, 6.07) is 12.3. The molecular weight excluding hydrogens is 326 g/mol. The first-order chi connectivity index (χ1) is 11.6. The molecule has 0 saturated heterocycles. The van der Waals surface area contributed by atoms with Crippen molar-refractivity contribution < 1.29 is 13.9 Å². The van der Waals surface area contributed by atoms with Crippen molar-refractivity contribution in [3.8, 4) is 23.3 Å². The van der Waals surface area contributed by atoms with Crippen molar-refractivity contribution in [2.24, 2.45) is 0 Å². The predicted octanol–water partition coefficient (Wildman–Crippen LogP) is 3.60. The molecule has 0 radical (unpaired) electrons. The first-order valence-electron chi connectivity index (χ1n) is 7.09. The van der Waals surface area contributed by atoms with Gasteiger partial charge < -0.3 is 9.15 Å². The molecule has 0 fully saturated rings. The summed E-state index contributed by atoms with van der Waals surface area (Å²) in [5, 5.41) is 13.7. The number of rotatable bonds is 5. The van der Waals surface area contributed by atoms with Crippen molar-refractivity contribution in [1.82, 2.24) is 4.98 Å². The largest absolute Gasteiger partial charge is 0.484 e. The Bertz CT molecular complexity index is 890. The second kappa shape index (κ2) is 6.98. The minimum atomic E-state index is -0.309. The molecule has 0 aliphatic heterocycles. The Hall–Kier alpha value is -3.11. The Morgan fingerprint density at radius 3 is 2.79 bits per heavy atom. The number of carbonyl (C=O) groups is 1. The molecule has 1 N–H and O–H groups in total. The van der Waals surface area contributed by atoms with E-state index in [0.717, 1.165) is 5.76 Å². The number of nitrogens with zero attached hydrogens (tertiary/aromatic N) is 2. The van der Waals surface area contributed by atoms with Gasteiger partial charge in [0.05, 0.1) is 11.6 Å². The summed E-state index contributed by atoms with van der Waals surface area (Å²) < 4.78 is 10.9. The zero-order valence-electron chi connectivity index (χ0n) is 12.8. The van der Waals surface area contributed by atoms with Gasteiger partial charge in [-0.3, -0.25) is 10.1 Å². The maximum absolute atomic E-state index is 11.9. The molecule has 0 aliphatic carbocycles. The van der Waals surface area contributed by atoms with Crippen LogP contribution >= 0.6 is 11.3 Å². The highest BCUT2D eigenvalue weighted by Gasteiger charge is 2.11. The van der Waals surface area contributed by atoms with Crippen LogP contribution < -0.4 is 10.1 Å². The SMILES string of the molecule is Cc1ccc(-c2csc(NC(=O)COc3ccc(C#N)cc3)n2)o1. The van der Waals surface area contributed by atoms with Crippen LogP contribution in [0.1, 0.15) is 11.3 Å². The maximum atomic E-state index is 11.9.